The van der Waals surface area contributed by atoms with Gasteiger partial charge in [0.2, 0.25) is 0 Å². The molecule has 4 rings (SSSR count). The normalized spacial score (nSPS) is 16.8. The molecule has 2 aromatic heterocycles. The van der Waals surface area contributed by atoms with Crippen molar-refractivity contribution >= 4 is 22.6 Å². The number of amides is 1. The summed E-state index contributed by atoms with van der Waals surface area (Å²) < 4.78 is 0. The lowest BCUT2D eigenvalue weighted by Crippen LogP contribution is -2.31. The van der Waals surface area contributed by atoms with E-state index in [1.165, 1.54) is 0 Å². The molecule has 132 valence electrons. The summed E-state index contributed by atoms with van der Waals surface area (Å²) in [6.07, 6.45) is 3.65. The Hall–Kier alpha value is -3.02. The number of hydrogen-bond acceptors (Lipinski definition) is 5. The van der Waals surface area contributed by atoms with Gasteiger partial charge in [-0.25, -0.2) is 9.97 Å². The molecule has 1 amide bonds. The molecule has 1 atom stereocenters. The number of hydrogen-bond donors (Lipinski definition) is 1. The summed E-state index contributed by atoms with van der Waals surface area (Å²) in [6, 6.07) is 11.5. The number of likely N-dealkylation sites (tertiary alicyclic amines) is 1. The molecule has 1 aromatic carbocycles. The van der Waals surface area contributed by atoms with E-state index in [2.05, 4.69) is 20.3 Å². The third kappa shape index (κ3) is 2.98. The van der Waals surface area contributed by atoms with Crippen molar-refractivity contribution in [3.8, 4) is 0 Å². The van der Waals surface area contributed by atoms with Gasteiger partial charge in [0.1, 0.15) is 11.6 Å². The Morgan fingerprint density at radius 1 is 1.23 bits per heavy atom. The first-order valence-corrected chi connectivity index (χ1v) is 8.85. The first-order valence-electron chi connectivity index (χ1n) is 8.85. The first-order chi connectivity index (χ1) is 12.7. The van der Waals surface area contributed by atoms with Gasteiger partial charge in [-0.3, -0.25) is 9.78 Å². The van der Waals surface area contributed by atoms with Crippen LogP contribution in [0.4, 0.5) is 5.82 Å². The predicted octanol–water partition coefficient (Wildman–Crippen LogP) is 3.35. The van der Waals surface area contributed by atoms with Crippen LogP contribution in [-0.4, -0.2) is 39.4 Å². The second-order valence-electron chi connectivity index (χ2n) is 6.54. The van der Waals surface area contributed by atoms with Crippen molar-refractivity contribution in [2.75, 3.05) is 18.9 Å². The number of nitrogens with one attached hydrogen (secondary N) is 1. The first kappa shape index (κ1) is 16.4. The molecule has 0 unspecified atom stereocenters. The molecule has 0 saturated carbocycles. The molecule has 0 aliphatic carbocycles. The zero-order valence-corrected chi connectivity index (χ0v) is 14.9. The molecule has 1 aliphatic heterocycles. The van der Waals surface area contributed by atoms with Crippen molar-refractivity contribution in [3.63, 3.8) is 0 Å². The molecular weight excluding hydrogens is 326 g/mol. The van der Waals surface area contributed by atoms with Gasteiger partial charge in [0.15, 0.2) is 0 Å². The summed E-state index contributed by atoms with van der Waals surface area (Å²) >= 11 is 0. The molecule has 1 N–H and O–H groups in total. The highest BCUT2D eigenvalue weighted by Gasteiger charge is 2.32. The summed E-state index contributed by atoms with van der Waals surface area (Å²) in [5, 5.41) is 4.04. The number of fused-ring (bicyclic) bond motifs is 1. The standard InChI is InChI=1S/C20H21N5O/c1-13-23-17(12-19(21-2)24-13)18-6-4-10-25(18)20(26)15-7-8-16-14(11-15)5-3-9-22-16/h3,5,7-9,11-12,18H,4,6,10H2,1-2H3,(H,21,23,24)/t18-/m0/s1. The molecule has 3 aromatic rings. The van der Waals surface area contributed by atoms with Gasteiger partial charge in [0.05, 0.1) is 17.3 Å². The van der Waals surface area contributed by atoms with Crippen LogP contribution < -0.4 is 5.32 Å². The highest BCUT2D eigenvalue weighted by atomic mass is 16.2. The minimum atomic E-state index is -0.0131. The van der Waals surface area contributed by atoms with Gasteiger partial charge in [0, 0.05) is 36.8 Å². The lowest BCUT2D eigenvalue weighted by molar-refractivity contribution is 0.0733. The molecule has 3 heterocycles. The summed E-state index contributed by atoms with van der Waals surface area (Å²) in [7, 11) is 1.84. The van der Waals surface area contributed by atoms with Crippen LogP contribution >= 0.6 is 0 Å². The van der Waals surface area contributed by atoms with Gasteiger partial charge >= 0.3 is 0 Å². The van der Waals surface area contributed by atoms with Crippen molar-refractivity contribution < 1.29 is 4.79 Å². The van der Waals surface area contributed by atoms with Crippen LogP contribution in [0, 0.1) is 6.92 Å². The molecular formula is C20H21N5O. The van der Waals surface area contributed by atoms with Crippen molar-refractivity contribution in [2.24, 2.45) is 0 Å². The van der Waals surface area contributed by atoms with E-state index in [9.17, 15) is 4.79 Å². The average Bonchev–Trinajstić information content (AvgIpc) is 3.16. The van der Waals surface area contributed by atoms with Crippen LogP contribution in [0.1, 0.15) is 40.8 Å². The Morgan fingerprint density at radius 2 is 2.12 bits per heavy atom. The second kappa shape index (κ2) is 6.71. The highest BCUT2D eigenvalue weighted by Crippen LogP contribution is 2.33. The molecule has 0 spiro atoms. The average molecular weight is 347 g/mol. The summed E-state index contributed by atoms with van der Waals surface area (Å²) in [6.45, 7) is 2.62. The predicted molar refractivity (Wildman–Crippen MR) is 101 cm³/mol. The van der Waals surface area contributed by atoms with E-state index >= 15 is 0 Å². The van der Waals surface area contributed by atoms with Crippen LogP contribution in [0.5, 0.6) is 0 Å². The number of rotatable bonds is 3. The fourth-order valence-corrected chi connectivity index (χ4v) is 3.58. The monoisotopic (exact) mass is 347 g/mol. The van der Waals surface area contributed by atoms with Gasteiger partial charge in [0.25, 0.3) is 5.91 Å². The van der Waals surface area contributed by atoms with Gasteiger partial charge in [-0.2, -0.15) is 0 Å². The Labute approximate surface area is 152 Å². The molecule has 6 heteroatoms. The summed E-state index contributed by atoms with van der Waals surface area (Å²) in [4.78, 5) is 28.3. The van der Waals surface area contributed by atoms with Crippen LogP contribution in [0.25, 0.3) is 10.9 Å². The number of carbonyl (C=O) groups excluding carboxylic acids is 1. The van der Waals surface area contributed by atoms with Crippen molar-refractivity contribution in [3.05, 3.63) is 59.7 Å². The van der Waals surface area contributed by atoms with Crippen LogP contribution in [-0.2, 0) is 0 Å². The molecule has 1 aliphatic rings. The number of benzene rings is 1. The van der Waals surface area contributed by atoms with E-state index in [1.54, 1.807) is 6.20 Å². The quantitative estimate of drug-likeness (QED) is 0.787. The molecule has 26 heavy (non-hydrogen) atoms. The highest BCUT2D eigenvalue weighted by molar-refractivity contribution is 5.98. The maximum Gasteiger partial charge on any atom is 0.254 e. The van der Waals surface area contributed by atoms with E-state index in [-0.39, 0.29) is 11.9 Å². The van der Waals surface area contributed by atoms with E-state index < -0.39 is 0 Å². The largest absolute Gasteiger partial charge is 0.373 e. The fraction of sp³-hybridized carbons (Fsp3) is 0.300. The SMILES string of the molecule is CNc1cc([C@@H]2CCCN2C(=O)c2ccc3ncccc3c2)nc(C)n1. The third-order valence-corrected chi connectivity index (χ3v) is 4.82. The zero-order chi connectivity index (χ0) is 18.1. The molecule has 0 bridgehead atoms. The van der Waals surface area contributed by atoms with E-state index in [4.69, 9.17) is 0 Å². The van der Waals surface area contributed by atoms with Gasteiger partial charge < -0.3 is 10.2 Å². The van der Waals surface area contributed by atoms with Crippen molar-refractivity contribution in [1.29, 1.82) is 0 Å². The Balaban J connectivity index is 1.67. The van der Waals surface area contributed by atoms with Crippen LogP contribution in [0.15, 0.2) is 42.6 Å². The van der Waals surface area contributed by atoms with Crippen molar-refractivity contribution in [1.82, 2.24) is 19.9 Å². The lowest BCUT2D eigenvalue weighted by Gasteiger charge is -2.25. The molecule has 1 saturated heterocycles. The van der Waals surface area contributed by atoms with Crippen molar-refractivity contribution in [2.45, 2.75) is 25.8 Å². The molecule has 6 nitrogen and oxygen atoms in total. The Kier molecular flexibility index (Phi) is 4.24. The topological polar surface area (TPSA) is 71.0 Å². The maximum absolute atomic E-state index is 13.2. The summed E-state index contributed by atoms with van der Waals surface area (Å²) in [5.41, 5.74) is 2.49. The summed E-state index contributed by atoms with van der Waals surface area (Å²) in [5.74, 6) is 1.53. The Bertz CT molecular complexity index is 971. The molecule has 1 fully saturated rings. The number of pyridine rings is 1. The lowest BCUT2D eigenvalue weighted by atomic mass is 10.1. The van der Waals surface area contributed by atoms with Crippen LogP contribution in [0.3, 0.4) is 0 Å². The number of carbonyl (C=O) groups is 1. The maximum atomic E-state index is 13.2. The minimum absolute atomic E-state index is 0.0131. The second-order valence-corrected chi connectivity index (χ2v) is 6.54. The van der Waals surface area contributed by atoms with Gasteiger partial charge in [-0.05, 0) is 44.0 Å². The van der Waals surface area contributed by atoms with Gasteiger partial charge in [-0.1, -0.05) is 6.07 Å². The number of aryl methyl sites for hydroxylation is 1. The van der Waals surface area contributed by atoms with E-state index in [1.807, 2.05) is 55.3 Å². The number of anilines is 1. The van der Waals surface area contributed by atoms with E-state index in [0.29, 0.717) is 11.4 Å². The molecule has 0 radical (unpaired) electrons. The minimum Gasteiger partial charge on any atom is -0.373 e. The Morgan fingerprint density at radius 3 is 2.96 bits per heavy atom. The number of nitrogens with zero attached hydrogens (tertiary/aromatic N) is 4. The number of aromatic nitrogens is 3. The smallest absolute Gasteiger partial charge is 0.254 e. The third-order valence-electron chi connectivity index (χ3n) is 4.82. The van der Waals surface area contributed by atoms with E-state index in [0.717, 1.165) is 41.8 Å². The zero-order valence-electron chi connectivity index (χ0n) is 14.9. The fourth-order valence-electron chi connectivity index (χ4n) is 3.58. The van der Waals surface area contributed by atoms with Crippen LogP contribution in [0.2, 0.25) is 0 Å². The van der Waals surface area contributed by atoms with Gasteiger partial charge in [-0.15, -0.1) is 0 Å².